The van der Waals surface area contributed by atoms with Gasteiger partial charge in [-0.15, -0.1) is 0 Å². The van der Waals surface area contributed by atoms with Crippen LogP contribution in [-0.4, -0.2) is 34.6 Å². The molecule has 1 amide bonds. The Balaban J connectivity index is 2.17. The van der Waals surface area contributed by atoms with Crippen molar-refractivity contribution in [3.05, 3.63) is 60.2 Å². The van der Waals surface area contributed by atoms with Crippen LogP contribution in [-0.2, 0) is 16.1 Å². The Morgan fingerprint density at radius 1 is 1.00 bits per heavy atom. The third-order valence-electron chi connectivity index (χ3n) is 3.70. The monoisotopic (exact) mass is 355 g/mol. The number of amides is 1. The van der Waals surface area contributed by atoms with Crippen LogP contribution in [0.2, 0.25) is 0 Å². The normalized spacial score (nSPS) is 14.0. The van der Waals surface area contributed by atoms with Crippen LogP contribution < -0.4 is 5.48 Å². The minimum Gasteiger partial charge on any atom is -0.392 e. The molecule has 0 spiro atoms. The Morgan fingerprint density at radius 3 is 2.04 bits per heavy atom. The van der Waals surface area contributed by atoms with E-state index in [9.17, 15) is 18.0 Å². The van der Waals surface area contributed by atoms with Gasteiger partial charge in [-0.3, -0.25) is 10.0 Å². The summed E-state index contributed by atoms with van der Waals surface area (Å²) in [6, 6.07) is 15.9. The van der Waals surface area contributed by atoms with Crippen molar-refractivity contribution in [2.45, 2.75) is 18.4 Å². The standard InChI is InChI=1S/C17H16F3NO4/c18-17(19,20)16(11-22,15(23)21-24)25-10-12-6-8-14(9-7-12)13-4-2-1-3-5-13/h1-9,22,24H,10-11H2,(H,21,23). The molecule has 0 fully saturated rings. The van der Waals surface area contributed by atoms with Gasteiger partial charge in [0.1, 0.15) is 0 Å². The summed E-state index contributed by atoms with van der Waals surface area (Å²) < 4.78 is 44.1. The van der Waals surface area contributed by atoms with Crippen LogP contribution in [0.3, 0.4) is 0 Å². The first-order valence-corrected chi connectivity index (χ1v) is 7.24. The molecule has 1 atom stereocenters. The van der Waals surface area contributed by atoms with Crippen molar-refractivity contribution >= 4 is 5.91 Å². The van der Waals surface area contributed by atoms with E-state index in [4.69, 9.17) is 10.3 Å². The predicted molar refractivity (Wildman–Crippen MR) is 82.5 cm³/mol. The summed E-state index contributed by atoms with van der Waals surface area (Å²) in [5.74, 6) is -1.89. The number of rotatable bonds is 6. The molecule has 3 N–H and O–H groups in total. The van der Waals surface area contributed by atoms with Gasteiger partial charge < -0.3 is 9.84 Å². The van der Waals surface area contributed by atoms with Crippen molar-refractivity contribution in [3.63, 3.8) is 0 Å². The first kappa shape index (κ1) is 18.9. The van der Waals surface area contributed by atoms with Gasteiger partial charge in [-0.2, -0.15) is 13.2 Å². The smallest absolute Gasteiger partial charge is 0.392 e. The lowest BCUT2D eigenvalue weighted by Gasteiger charge is -2.31. The number of halogens is 3. The summed E-state index contributed by atoms with van der Waals surface area (Å²) in [5.41, 5.74) is -0.485. The molecule has 2 aromatic carbocycles. The Labute approximate surface area is 141 Å². The maximum atomic E-state index is 13.1. The van der Waals surface area contributed by atoms with Crippen LogP contribution >= 0.6 is 0 Å². The first-order valence-electron chi connectivity index (χ1n) is 7.24. The Morgan fingerprint density at radius 2 is 1.56 bits per heavy atom. The minimum absolute atomic E-state index is 0.368. The highest BCUT2D eigenvalue weighted by Crippen LogP contribution is 2.34. The molecule has 0 saturated heterocycles. The van der Waals surface area contributed by atoms with Gasteiger partial charge in [0.15, 0.2) is 0 Å². The zero-order valence-electron chi connectivity index (χ0n) is 13.0. The van der Waals surface area contributed by atoms with E-state index >= 15 is 0 Å². The van der Waals surface area contributed by atoms with Gasteiger partial charge in [-0.1, -0.05) is 54.6 Å². The third-order valence-corrected chi connectivity index (χ3v) is 3.70. The Hall–Kier alpha value is -2.42. The number of carbonyl (C=O) groups excluding carboxylic acids is 1. The van der Waals surface area contributed by atoms with Crippen LogP contribution in [0, 0.1) is 0 Å². The van der Waals surface area contributed by atoms with E-state index in [1.54, 1.807) is 24.3 Å². The van der Waals surface area contributed by atoms with Crippen LogP contribution in [0.5, 0.6) is 0 Å². The largest absolute Gasteiger partial charge is 0.429 e. The highest BCUT2D eigenvalue weighted by molar-refractivity contribution is 5.85. The lowest BCUT2D eigenvalue weighted by atomic mass is 10.0. The van der Waals surface area contributed by atoms with Gasteiger partial charge in [0.25, 0.3) is 11.5 Å². The fourth-order valence-corrected chi connectivity index (χ4v) is 2.20. The average molecular weight is 355 g/mol. The zero-order valence-corrected chi connectivity index (χ0v) is 13.0. The molecule has 0 heterocycles. The topological polar surface area (TPSA) is 78.8 Å². The average Bonchev–Trinajstić information content (AvgIpc) is 2.62. The van der Waals surface area contributed by atoms with Crippen molar-refractivity contribution in [1.29, 1.82) is 0 Å². The molecule has 0 saturated carbocycles. The molecule has 2 aromatic rings. The SMILES string of the molecule is O=C(NO)C(CO)(OCc1ccc(-c2ccccc2)cc1)C(F)(F)F. The quantitative estimate of drug-likeness (QED) is 0.550. The lowest BCUT2D eigenvalue weighted by Crippen LogP contribution is -2.60. The van der Waals surface area contributed by atoms with Crippen LogP contribution in [0.1, 0.15) is 5.56 Å². The van der Waals surface area contributed by atoms with Gasteiger partial charge in [0.2, 0.25) is 0 Å². The first-order chi connectivity index (χ1) is 11.8. The molecule has 134 valence electrons. The van der Waals surface area contributed by atoms with Crippen molar-refractivity contribution in [3.8, 4) is 11.1 Å². The zero-order chi connectivity index (χ0) is 18.5. The van der Waals surface area contributed by atoms with E-state index in [2.05, 4.69) is 4.74 Å². The number of carbonyl (C=O) groups is 1. The number of hydroxylamine groups is 1. The molecule has 0 aliphatic heterocycles. The van der Waals surface area contributed by atoms with Crippen molar-refractivity contribution < 1.29 is 33.0 Å². The Kier molecular flexibility index (Phi) is 5.78. The van der Waals surface area contributed by atoms with Gasteiger partial charge >= 0.3 is 6.18 Å². The molecular weight excluding hydrogens is 339 g/mol. The van der Waals surface area contributed by atoms with Crippen LogP contribution in [0.4, 0.5) is 13.2 Å². The highest BCUT2D eigenvalue weighted by atomic mass is 19.4. The second-order valence-corrected chi connectivity index (χ2v) is 5.28. The fraction of sp³-hybridized carbons (Fsp3) is 0.235. The van der Waals surface area contributed by atoms with Crippen molar-refractivity contribution in [2.24, 2.45) is 0 Å². The van der Waals surface area contributed by atoms with E-state index in [1.165, 1.54) is 0 Å². The Bertz CT molecular complexity index is 704. The predicted octanol–water partition coefficient (Wildman–Crippen LogP) is 2.67. The highest BCUT2D eigenvalue weighted by Gasteiger charge is 2.62. The number of alkyl halides is 3. The summed E-state index contributed by atoms with van der Waals surface area (Å²) in [6.07, 6.45) is -5.21. The molecule has 0 radical (unpaired) electrons. The van der Waals surface area contributed by atoms with Gasteiger partial charge in [0, 0.05) is 0 Å². The second kappa shape index (κ2) is 7.64. The number of ether oxygens (including phenoxy) is 1. The number of hydrogen-bond donors (Lipinski definition) is 3. The molecule has 1 unspecified atom stereocenters. The molecule has 25 heavy (non-hydrogen) atoms. The van der Waals surface area contributed by atoms with E-state index in [0.717, 1.165) is 16.6 Å². The molecular formula is C17H16F3NO4. The summed E-state index contributed by atoms with van der Waals surface area (Å²) in [7, 11) is 0. The van der Waals surface area contributed by atoms with E-state index in [0.29, 0.717) is 5.56 Å². The summed E-state index contributed by atoms with van der Waals surface area (Å²) in [6.45, 7) is -2.24. The number of hydrogen-bond acceptors (Lipinski definition) is 4. The van der Waals surface area contributed by atoms with Crippen LogP contribution in [0.25, 0.3) is 11.1 Å². The molecule has 0 aliphatic rings. The van der Waals surface area contributed by atoms with E-state index in [1.807, 2.05) is 30.3 Å². The van der Waals surface area contributed by atoms with Crippen LogP contribution in [0.15, 0.2) is 54.6 Å². The van der Waals surface area contributed by atoms with Crippen molar-refractivity contribution in [2.75, 3.05) is 6.61 Å². The van der Waals surface area contributed by atoms with Gasteiger partial charge in [-0.25, -0.2) is 5.48 Å². The third kappa shape index (κ3) is 3.98. The molecule has 0 bridgehead atoms. The van der Waals surface area contributed by atoms with Gasteiger partial charge in [-0.05, 0) is 16.7 Å². The van der Waals surface area contributed by atoms with Crippen molar-refractivity contribution in [1.82, 2.24) is 5.48 Å². The maximum absolute atomic E-state index is 13.1. The number of aliphatic hydroxyl groups is 1. The summed E-state index contributed by atoms with van der Waals surface area (Å²) >= 11 is 0. The van der Waals surface area contributed by atoms with Gasteiger partial charge in [0.05, 0.1) is 13.2 Å². The number of benzene rings is 2. The molecule has 5 nitrogen and oxygen atoms in total. The minimum atomic E-state index is -5.21. The summed E-state index contributed by atoms with van der Waals surface area (Å²) in [4.78, 5) is 11.4. The van der Waals surface area contributed by atoms with E-state index in [-0.39, 0.29) is 0 Å². The number of aliphatic hydroxyl groups excluding tert-OH is 1. The molecule has 2 rings (SSSR count). The second-order valence-electron chi connectivity index (χ2n) is 5.28. The maximum Gasteiger partial charge on any atom is 0.429 e. The van der Waals surface area contributed by atoms with E-state index < -0.39 is 30.9 Å². The molecule has 0 aliphatic carbocycles. The lowest BCUT2D eigenvalue weighted by molar-refractivity contribution is -0.282. The number of nitrogens with one attached hydrogen (secondary N) is 1. The summed E-state index contributed by atoms with van der Waals surface area (Å²) in [5, 5.41) is 17.6. The molecule has 8 heteroatoms. The fourth-order valence-electron chi connectivity index (χ4n) is 2.20. The molecule has 0 aromatic heterocycles.